The van der Waals surface area contributed by atoms with Crippen LogP contribution in [0.3, 0.4) is 0 Å². The van der Waals surface area contributed by atoms with Gasteiger partial charge in [0.05, 0.1) is 24.8 Å². The summed E-state index contributed by atoms with van der Waals surface area (Å²) in [5, 5.41) is 3.26. The number of hydrogen-bond acceptors (Lipinski definition) is 3. The molecule has 16 heavy (non-hydrogen) atoms. The highest BCUT2D eigenvalue weighted by Gasteiger charge is 2.14. The van der Waals surface area contributed by atoms with Crippen LogP contribution in [0.15, 0.2) is 41.5 Å². The van der Waals surface area contributed by atoms with E-state index in [1.165, 1.54) is 12.3 Å². The number of aromatic nitrogens is 1. The molecule has 1 unspecified atom stereocenters. The van der Waals surface area contributed by atoms with Gasteiger partial charge in [0.25, 0.3) is 0 Å². The minimum Gasteiger partial charge on any atom is -0.472 e. The average Bonchev–Trinajstić information content (AvgIpc) is 2.79. The summed E-state index contributed by atoms with van der Waals surface area (Å²) in [5.41, 5.74) is 1.76. The summed E-state index contributed by atoms with van der Waals surface area (Å²) in [5.74, 6) is -0.330. The molecule has 0 fully saturated rings. The normalized spacial score (nSPS) is 12.6. The molecule has 0 bridgehead atoms. The molecule has 0 aliphatic rings. The molecular formula is C12H13FN2O. The van der Waals surface area contributed by atoms with Crippen LogP contribution in [-0.4, -0.2) is 11.5 Å². The molecule has 0 amide bonds. The molecule has 2 aromatic heterocycles. The predicted octanol–water partition coefficient (Wildman–Crippen LogP) is 2.51. The van der Waals surface area contributed by atoms with Gasteiger partial charge in [0, 0.05) is 11.8 Å². The monoisotopic (exact) mass is 220 g/mol. The Labute approximate surface area is 93.3 Å². The zero-order chi connectivity index (χ0) is 11.4. The van der Waals surface area contributed by atoms with Crippen LogP contribution in [0.4, 0.5) is 4.39 Å². The Kier molecular flexibility index (Phi) is 3.31. The SMILES string of the molecule is CCNC(c1ccoc1)c1cncc(F)c1. The molecule has 0 radical (unpaired) electrons. The standard InChI is InChI=1S/C12H13FN2O/c1-2-15-12(9-3-4-16-8-9)10-5-11(13)7-14-6-10/h3-8,12,15H,2H2,1H3. The molecule has 0 saturated heterocycles. The Hall–Kier alpha value is -1.68. The molecule has 0 spiro atoms. The zero-order valence-corrected chi connectivity index (χ0v) is 8.98. The van der Waals surface area contributed by atoms with Crippen LogP contribution in [0, 0.1) is 5.82 Å². The molecule has 0 aromatic carbocycles. The van der Waals surface area contributed by atoms with Crippen molar-refractivity contribution in [2.45, 2.75) is 13.0 Å². The highest BCUT2D eigenvalue weighted by atomic mass is 19.1. The van der Waals surface area contributed by atoms with Crippen molar-refractivity contribution in [1.29, 1.82) is 0 Å². The van der Waals surface area contributed by atoms with Gasteiger partial charge >= 0.3 is 0 Å². The van der Waals surface area contributed by atoms with E-state index in [0.717, 1.165) is 17.7 Å². The third kappa shape index (κ3) is 2.28. The first-order chi connectivity index (χ1) is 7.81. The van der Waals surface area contributed by atoms with E-state index in [4.69, 9.17) is 4.42 Å². The molecule has 4 heteroatoms. The number of furan rings is 1. The fourth-order valence-corrected chi connectivity index (χ4v) is 1.66. The largest absolute Gasteiger partial charge is 0.472 e. The molecule has 1 atom stereocenters. The molecule has 1 N–H and O–H groups in total. The Morgan fingerprint density at radius 2 is 2.31 bits per heavy atom. The minimum atomic E-state index is -0.330. The summed E-state index contributed by atoms with van der Waals surface area (Å²) in [6, 6.07) is 3.26. The zero-order valence-electron chi connectivity index (χ0n) is 8.98. The van der Waals surface area contributed by atoms with Crippen molar-refractivity contribution in [3.63, 3.8) is 0 Å². The van der Waals surface area contributed by atoms with E-state index in [2.05, 4.69) is 10.3 Å². The van der Waals surface area contributed by atoms with Gasteiger partial charge in [0.2, 0.25) is 0 Å². The molecule has 0 aliphatic heterocycles. The van der Waals surface area contributed by atoms with Crippen molar-refractivity contribution in [2.75, 3.05) is 6.54 Å². The third-order valence-corrected chi connectivity index (χ3v) is 2.34. The van der Waals surface area contributed by atoms with Crippen molar-refractivity contribution in [3.05, 3.63) is 54.0 Å². The average molecular weight is 220 g/mol. The summed E-state index contributed by atoms with van der Waals surface area (Å²) in [6.45, 7) is 2.78. The second-order valence-corrected chi connectivity index (χ2v) is 3.48. The van der Waals surface area contributed by atoms with Gasteiger partial charge in [-0.3, -0.25) is 4.98 Å². The second-order valence-electron chi connectivity index (χ2n) is 3.48. The summed E-state index contributed by atoms with van der Waals surface area (Å²) in [4.78, 5) is 3.85. The Balaban J connectivity index is 2.33. The van der Waals surface area contributed by atoms with Crippen LogP contribution in [0.5, 0.6) is 0 Å². The number of hydrogen-bond donors (Lipinski definition) is 1. The van der Waals surface area contributed by atoms with Crippen molar-refractivity contribution in [2.24, 2.45) is 0 Å². The van der Waals surface area contributed by atoms with E-state index in [0.29, 0.717) is 0 Å². The molecule has 2 rings (SSSR count). The van der Waals surface area contributed by atoms with Gasteiger partial charge in [-0.05, 0) is 24.2 Å². The molecule has 3 nitrogen and oxygen atoms in total. The maximum Gasteiger partial charge on any atom is 0.141 e. The van der Waals surface area contributed by atoms with Gasteiger partial charge in [-0.2, -0.15) is 0 Å². The van der Waals surface area contributed by atoms with Crippen LogP contribution in [0.2, 0.25) is 0 Å². The number of nitrogens with one attached hydrogen (secondary N) is 1. The van der Waals surface area contributed by atoms with E-state index >= 15 is 0 Å². The lowest BCUT2D eigenvalue weighted by Crippen LogP contribution is -2.21. The summed E-state index contributed by atoms with van der Waals surface area (Å²) in [6.07, 6.45) is 6.11. The van der Waals surface area contributed by atoms with Crippen LogP contribution in [-0.2, 0) is 0 Å². The van der Waals surface area contributed by atoms with Gasteiger partial charge < -0.3 is 9.73 Å². The first-order valence-electron chi connectivity index (χ1n) is 5.17. The van der Waals surface area contributed by atoms with Crippen LogP contribution in [0.1, 0.15) is 24.1 Å². The molecule has 2 heterocycles. The second kappa shape index (κ2) is 4.90. The smallest absolute Gasteiger partial charge is 0.141 e. The number of pyridine rings is 1. The Morgan fingerprint density at radius 1 is 1.44 bits per heavy atom. The summed E-state index contributed by atoms with van der Waals surface area (Å²) in [7, 11) is 0. The Bertz CT molecular complexity index is 442. The van der Waals surface area contributed by atoms with E-state index in [9.17, 15) is 4.39 Å². The predicted molar refractivity (Wildman–Crippen MR) is 58.4 cm³/mol. The van der Waals surface area contributed by atoms with Crippen LogP contribution in [0.25, 0.3) is 0 Å². The van der Waals surface area contributed by atoms with E-state index in [1.807, 2.05) is 13.0 Å². The topological polar surface area (TPSA) is 38.1 Å². The van der Waals surface area contributed by atoms with E-state index in [1.54, 1.807) is 18.7 Å². The van der Waals surface area contributed by atoms with Crippen molar-refractivity contribution in [3.8, 4) is 0 Å². The first-order valence-corrected chi connectivity index (χ1v) is 5.17. The Morgan fingerprint density at radius 3 is 2.94 bits per heavy atom. The van der Waals surface area contributed by atoms with Gasteiger partial charge in [0.1, 0.15) is 5.82 Å². The van der Waals surface area contributed by atoms with Crippen molar-refractivity contribution in [1.82, 2.24) is 10.3 Å². The minimum absolute atomic E-state index is 0.0769. The molecule has 0 aliphatic carbocycles. The molecular weight excluding hydrogens is 207 g/mol. The fraction of sp³-hybridized carbons (Fsp3) is 0.250. The highest BCUT2D eigenvalue weighted by molar-refractivity contribution is 5.27. The van der Waals surface area contributed by atoms with Gasteiger partial charge in [-0.1, -0.05) is 6.92 Å². The third-order valence-electron chi connectivity index (χ3n) is 2.34. The summed E-state index contributed by atoms with van der Waals surface area (Å²) >= 11 is 0. The molecule has 0 saturated carbocycles. The van der Waals surface area contributed by atoms with Gasteiger partial charge in [-0.15, -0.1) is 0 Å². The number of halogens is 1. The number of nitrogens with zero attached hydrogens (tertiary/aromatic N) is 1. The number of rotatable bonds is 4. The van der Waals surface area contributed by atoms with Crippen molar-refractivity contribution < 1.29 is 8.81 Å². The van der Waals surface area contributed by atoms with E-state index in [-0.39, 0.29) is 11.9 Å². The van der Waals surface area contributed by atoms with Gasteiger partial charge in [-0.25, -0.2) is 4.39 Å². The molecule has 2 aromatic rings. The van der Waals surface area contributed by atoms with Gasteiger partial charge in [0.15, 0.2) is 0 Å². The lowest BCUT2D eigenvalue weighted by atomic mass is 10.0. The van der Waals surface area contributed by atoms with Crippen molar-refractivity contribution >= 4 is 0 Å². The van der Waals surface area contributed by atoms with Crippen LogP contribution < -0.4 is 5.32 Å². The quantitative estimate of drug-likeness (QED) is 0.860. The van der Waals surface area contributed by atoms with Crippen LogP contribution >= 0.6 is 0 Å². The van der Waals surface area contributed by atoms with E-state index < -0.39 is 0 Å². The summed E-state index contributed by atoms with van der Waals surface area (Å²) < 4.78 is 18.1. The first kappa shape index (κ1) is 10.8. The molecule has 84 valence electrons. The fourth-order valence-electron chi connectivity index (χ4n) is 1.66. The lowest BCUT2D eigenvalue weighted by Gasteiger charge is -2.16. The maximum absolute atomic E-state index is 13.1. The highest BCUT2D eigenvalue weighted by Crippen LogP contribution is 2.22. The lowest BCUT2D eigenvalue weighted by molar-refractivity contribution is 0.550. The maximum atomic E-state index is 13.1.